The Bertz CT molecular complexity index is 615. The second-order valence-corrected chi connectivity index (χ2v) is 5.65. The summed E-state index contributed by atoms with van der Waals surface area (Å²) in [5.41, 5.74) is 1.44. The fourth-order valence-corrected chi connectivity index (χ4v) is 2.58. The molecule has 0 bridgehead atoms. The van der Waals surface area contributed by atoms with E-state index in [0.717, 1.165) is 5.69 Å². The lowest BCUT2D eigenvalue weighted by atomic mass is 10.2. The van der Waals surface area contributed by atoms with Gasteiger partial charge in [0.1, 0.15) is 11.5 Å². The van der Waals surface area contributed by atoms with Crippen LogP contribution in [0.15, 0.2) is 23.6 Å². The van der Waals surface area contributed by atoms with Crippen LogP contribution >= 0.6 is 11.3 Å². The molecule has 0 unspecified atom stereocenters. The number of aromatic nitrogens is 1. The molecule has 21 heavy (non-hydrogen) atoms. The van der Waals surface area contributed by atoms with Gasteiger partial charge in [0, 0.05) is 17.0 Å². The van der Waals surface area contributed by atoms with Crippen molar-refractivity contribution in [1.29, 1.82) is 0 Å². The van der Waals surface area contributed by atoms with Crippen LogP contribution in [0.5, 0.6) is 11.5 Å². The molecule has 1 amide bonds. The molecule has 0 aliphatic carbocycles. The highest BCUT2D eigenvalue weighted by Crippen LogP contribution is 2.25. The summed E-state index contributed by atoms with van der Waals surface area (Å²) >= 11 is 1.42. The van der Waals surface area contributed by atoms with E-state index in [1.54, 1.807) is 32.4 Å². The number of nitrogens with one attached hydrogen (secondary N) is 1. The van der Waals surface area contributed by atoms with Gasteiger partial charge in [0.25, 0.3) is 5.91 Å². The van der Waals surface area contributed by atoms with Gasteiger partial charge in [0.2, 0.25) is 0 Å². The quantitative estimate of drug-likeness (QED) is 0.918. The van der Waals surface area contributed by atoms with Gasteiger partial charge in [0.15, 0.2) is 5.13 Å². The molecule has 6 heteroatoms. The summed E-state index contributed by atoms with van der Waals surface area (Å²) in [5, 5.41) is 5.33. The van der Waals surface area contributed by atoms with Crippen molar-refractivity contribution in [1.82, 2.24) is 4.98 Å². The summed E-state index contributed by atoms with van der Waals surface area (Å²) in [5.74, 6) is 1.24. The maximum Gasteiger partial charge on any atom is 0.257 e. The van der Waals surface area contributed by atoms with Crippen LogP contribution in [-0.4, -0.2) is 25.1 Å². The van der Waals surface area contributed by atoms with Gasteiger partial charge in [-0.2, -0.15) is 0 Å². The minimum absolute atomic E-state index is 0.239. The Hall–Kier alpha value is -2.08. The number of carbonyl (C=O) groups excluding carboxylic acids is 1. The minimum atomic E-state index is -0.239. The van der Waals surface area contributed by atoms with Crippen molar-refractivity contribution in [2.75, 3.05) is 19.5 Å². The Balaban J connectivity index is 2.19. The second kappa shape index (κ2) is 6.58. The van der Waals surface area contributed by atoms with Crippen LogP contribution in [0.4, 0.5) is 5.13 Å². The number of hydrogen-bond donors (Lipinski definition) is 1. The summed E-state index contributed by atoms with van der Waals surface area (Å²) in [4.78, 5) is 16.7. The zero-order chi connectivity index (χ0) is 15.4. The average molecular weight is 306 g/mol. The van der Waals surface area contributed by atoms with Crippen molar-refractivity contribution >= 4 is 22.4 Å². The molecule has 2 aromatic rings. The maximum atomic E-state index is 12.3. The number of nitrogens with zero attached hydrogens (tertiary/aromatic N) is 1. The smallest absolute Gasteiger partial charge is 0.257 e. The molecule has 0 aliphatic heterocycles. The van der Waals surface area contributed by atoms with Crippen LogP contribution in [0, 0.1) is 0 Å². The van der Waals surface area contributed by atoms with Crippen LogP contribution in [-0.2, 0) is 0 Å². The molecule has 0 atom stereocenters. The lowest BCUT2D eigenvalue weighted by molar-refractivity contribution is 0.102. The highest BCUT2D eigenvalue weighted by Gasteiger charge is 2.13. The number of ether oxygens (including phenoxy) is 2. The summed E-state index contributed by atoms with van der Waals surface area (Å²) in [6.07, 6.45) is 0. The average Bonchev–Trinajstić information content (AvgIpc) is 2.95. The number of anilines is 1. The Morgan fingerprint density at radius 2 is 1.81 bits per heavy atom. The van der Waals surface area contributed by atoms with Crippen LogP contribution in [0.25, 0.3) is 0 Å². The van der Waals surface area contributed by atoms with Crippen molar-refractivity contribution in [3.63, 3.8) is 0 Å². The van der Waals surface area contributed by atoms with E-state index >= 15 is 0 Å². The zero-order valence-corrected chi connectivity index (χ0v) is 13.3. The van der Waals surface area contributed by atoms with E-state index in [9.17, 15) is 4.79 Å². The number of methoxy groups -OCH3 is 2. The number of rotatable bonds is 5. The van der Waals surface area contributed by atoms with E-state index < -0.39 is 0 Å². The van der Waals surface area contributed by atoms with Gasteiger partial charge in [0.05, 0.1) is 19.9 Å². The van der Waals surface area contributed by atoms with Crippen molar-refractivity contribution in [2.24, 2.45) is 0 Å². The van der Waals surface area contributed by atoms with E-state index in [2.05, 4.69) is 24.1 Å². The van der Waals surface area contributed by atoms with Crippen LogP contribution in [0.1, 0.15) is 35.8 Å². The standard InChI is InChI=1S/C15H18N2O3S/c1-9(2)13-8-21-15(16-13)17-14(18)10-5-11(19-3)7-12(6-10)20-4/h5-9H,1-4H3,(H,16,17,18). The molecule has 0 fully saturated rings. The fraction of sp³-hybridized carbons (Fsp3) is 0.333. The van der Waals surface area contributed by atoms with Gasteiger partial charge >= 0.3 is 0 Å². The highest BCUT2D eigenvalue weighted by molar-refractivity contribution is 7.14. The summed E-state index contributed by atoms with van der Waals surface area (Å²) < 4.78 is 10.3. The molecule has 0 saturated carbocycles. The summed E-state index contributed by atoms with van der Waals surface area (Å²) in [7, 11) is 3.10. The molecule has 0 radical (unpaired) electrons. The maximum absolute atomic E-state index is 12.3. The molecule has 2 rings (SSSR count). The molecule has 5 nitrogen and oxygen atoms in total. The normalized spacial score (nSPS) is 10.5. The number of hydrogen-bond acceptors (Lipinski definition) is 5. The number of benzene rings is 1. The van der Waals surface area contributed by atoms with E-state index in [0.29, 0.717) is 28.1 Å². The van der Waals surface area contributed by atoms with Gasteiger partial charge in [-0.3, -0.25) is 10.1 Å². The van der Waals surface area contributed by atoms with Gasteiger partial charge in [-0.05, 0) is 18.1 Å². The third-order valence-electron chi connectivity index (χ3n) is 2.95. The minimum Gasteiger partial charge on any atom is -0.497 e. The van der Waals surface area contributed by atoms with Crippen molar-refractivity contribution in [3.05, 3.63) is 34.8 Å². The van der Waals surface area contributed by atoms with Gasteiger partial charge < -0.3 is 9.47 Å². The van der Waals surface area contributed by atoms with E-state index in [4.69, 9.17) is 9.47 Å². The lowest BCUT2D eigenvalue weighted by Crippen LogP contribution is -2.12. The molecule has 0 aliphatic rings. The Kier molecular flexibility index (Phi) is 4.80. The predicted molar refractivity (Wildman–Crippen MR) is 83.7 cm³/mol. The lowest BCUT2D eigenvalue weighted by Gasteiger charge is -2.08. The Labute approximate surface area is 127 Å². The van der Waals surface area contributed by atoms with Gasteiger partial charge in [-0.15, -0.1) is 11.3 Å². The van der Waals surface area contributed by atoms with E-state index in [-0.39, 0.29) is 5.91 Å². The van der Waals surface area contributed by atoms with Crippen molar-refractivity contribution < 1.29 is 14.3 Å². The molecular weight excluding hydrogens is 288 g/mol. The van der Waals surface area contributed by atoms with Crippen molar-refractivity contribution in [2.45, 2.75) is 19.8 Å². The summed E-state index contributed by atoms with van der Waals surface area (Å²) in [6.45, 7) is 4.13. The predicted octanol–water partition coefficient (Wildman–Crippen LogP) is 3.54. The number of amides is 1. The van der Waals surface area contributed by atoms with Crippen LogP contribution in [0.2, 0.25) is 0 Å². The zero-order valence-electron chi connectivity index (χ0n) is 12.5. The van der Waals surface area contributed by atoms with Crippen LogP contribution < -0.4 is 14.8 Å². The monoisotopic (exact) mass is 306 g/mol. The van der Waals surface area contributed by atoms with Gasteiger partial charge in [-0.25, -0.2) is 4.98 Å². The third kappa shape index (κ3) is 3.72. The second-order valence-electron chi connectivity index (χ2n) is 4.79. The first-order valence-corrected chi connectivity index (χ1v) is 7.41. The molecule has 1 aromatic carbocycles. The first-order valence-electron chi connectivity index (χ1n) is 6.53. The molecule has 0 spiro atoms. The fourth-order valence-electron chi connectivity index (χ4n) is 1.72. The summed E-state index contributed by atoms with van der Waals surface area (Å²) in [6, 6.07) is 5.04. The van der Waals surface area contributed by atoms with Gasteiger partial charge in [-0.1, -0.05) is 13.8 Å². The molecule has 1 heterocycles. The van der Waals surface area contributed by atoms with Crippen molar-refractivity contribution in [3.8, 4) is 11.5 Å². The number of thiazole rings is 1. The first-order chi connectivity index (χ1) is 10.0. The molecule has 1 N–H and O–H groups in total. The molecule has 0 saturated heterocycles. The van der Waals surface area contributed by atoms with E-state index in [1.807, 2.05) is 5.38 Å². The van der Waals surface area contributed by atoms with Crippen LogP contribution in [0.3, 0.4) is 0 Å². The third-order valence-corrected chi connectivity index (χ3v) is 3.72. The number of carbonyl (C=O) groups is 1. The highest BCUT2D eigenvalue weighted by atomic mass is 32.1. The SMILES string of the molecule is COc1cc(OC)cc(C(=O)Nc2nc(C(C)C)cs2)c1. The largest absolute Gasteiger partial charge is 0.497 e. The first kappa shape index (κ1) is 15.3. The molecule has 1 aromatic heterocycles. The Morgan fingerprint density at radius 3 is 2.29 bits per heavy atom. The topological polar surface area (TPSA) is 60.5 Å². The van der Waals surface area contributed by atoms with E-state index in [1.165, 1.54) is 11.3 Å². The molecule has 112 valence electrons. The Morgan fingerprint density at radius 1 is 1.19 bits per heavy atom. The molecular formula is C15H18N2O3S.